The van der Waals surface area contributed by atoms with E-state index >= 15 is 0 Å². The zero-order valence-electron chi connectivity index (χ0n) is 17.9. The van der Waals surface area contributed by atoms with Crippen molar-refractivity contribution in [1.82, 2.24) is 14.9 Å². The fraction of sp³-hybridized carbons (Fsp3) is 0.524. The summed E-state index contributed by atoms with van der Waals surface area (Å²) in [5.74, 6) is -0.323. The molecule has 1 atom stereocenters. The van der Waals surface area contributed by atoms with Gasteiger partial charge in [-0.2, -0.15) is 0 Å². The van der Waals surface area contributed by atoms with Gasteiger partial charge in [0.15, 0.2) is 0 Å². The Morgan fingerprint density at radius 1 is 1.32 bits per heavy atom. The number of nitrogens with one attached hydrogen (secondary N) is 1. The number of aliphatic hydroxyl groups is 1. The van der Waals surface area contributed by atoms with Gasteiger partial charge in [0.25, 0.3) is 0 Å². The monoisotopic (exact) mass is 470 g/mol. The first-order valence-corrected chi connectivity index (χ1v) is 12.5. The zero-order chi connectivity index (χ0) is 22.8. The van der Waals surface area contributed by atoms with Crippen LogP contribution in [0.2, 0.25) is 5.15 Å². The summed E-state index contributed by atoms with van der Waals surface area (Å²) in [5, 5.41) is 12.9. The first kappa shape index (κ1) is 23.8. The van der Waals surface area contributed by atoms with Gasteiger partial charge in [0.1, 0.15) is 26.5 Å². The van der Waals surface area contributed by atoms with Crippen LogP contribution < -0.4 is 5.32 Å². The Morgan fingerprint density at radius 2 is 2.03 bits per heavy atom. The number of aromatic nitrogens is 2. The van der Waals surface area contributed by atoms with E-state index in [4.69, 9.17) is 11.6 Å². The minimum absolute atomic E-state index is 0.149. The van der Waals surface area contributed by atoms with E-state index in [1.807, 2.05) is 6.92 Å². The summed E-state index contributed by atoms with van der Waals surface area (Å²) in [6.45, 7) is 5.92. The van der Waals surface area contributed by atoms with Gasteiger partial charge in [0.2, 0.25) is 0 Å². The summed E-state index contributed by atoms with van der Waals surface area (Å²) in [6, 6.07) is 3.05. The molecule has 2 aromatic heterocycles. The molecule has 170 valence electrons. The van der Waals surface area contributed by atoms with Crippen LogP contribution in [0, 0.1) is 11.2 Å². The highest BCUT2D eigenvalue weighted by atomic mass is 35.5. The van der Waals surface area contributed by atoms with E-state index in [9.17, 15) is 17.9 Å². The lowest BCUT2D eigenvalue weighted by Gasteiger charge is -2.47. The van der Waals surface area contributed by atoms with Gasteiger partial charge < -0.3 is 10.4 Å². The largest absolute Gasteiger partial charge is 0.393 e. The Labute approximate surface area is 187 Å². The van der Waals surface area contributed by atoms with E-state index in [1.54, 1.807) is 19.2 Å². The molecule has 31 heavy (non-hydrogen) atoms. The molecule has 1 aliphatic heterocycles. The molecule has 0 aliphatic carbocycles. The third-order valence-corrected chi connectivity index (χ3v) is 6.56. The lowest BCUT2D eigenvalue weighted by atomic mass is 9.84. The van der Waals surface area contributed by atoms with Crippen molar-refractivity contribution in [2.45, 2.75) is 32.9 Å². The predicted octanol–water partition coefficient (Wildman–Crippen LogP) is 2.99. The van der Waals surface area contributed by atoms with Gasteiger partial charge >= 0.3 is 0 Å². The molecule has 0 aromatic carbocycles. The number of anilines is 1. The zero-order valence-corrected chi connectivity index (χ0v) is 19.5. The van der Waals surface area contributed by atoms with Gasteiger partial charge in [0, 0.05) is 61.5 Å². The quantitative estimate of drug-likeness (QED) is 0.544. The molecule has 1 fully saturated rings. The Bertz CT molecular complexity index is 1040. The molecule has 2 N–H and O–H groups in total. The van der Waals surface area contributed by atoms with Crippen molar-refractivity contribution >= 4 is 27.1 Å². The molecule has 0 spiro atoms. The van der Waals surface area contributed by atoms with Gasteiger partial charge in [0.05, 0.1) is 11.9 Å². The van der Waals surface area contributed by atoms with Crippen LogP contribution in [-0.2, 0) is 16.4 Å². The van der Waals surface area contributed by atoms with E-state index in [2.05, 4.69) is 20.2 Å². The predicted molar refractivity (Wildman–Crippen MR) is 120 cm³/mol. The molecule has 7 nitrogen and oxygen atoms in total. The third-order valence-electron chi connectivity index (χ3n) is 5.13. The number of aliphatic hydroxyl groups excluding tert-OH is 1. The third kappa shape index (κ3) is 6.58. The first-order valence-electron chi connectivity index (χ1n) is 10.1. The number of halogens is 2. The molecular formula is C21H28ClFN4O3S. The van der Waals surface area contributed by atoms with Crippen molar-refractivity contribution in [1.29, 1.82) is 0 Å². The number of likely N-dealkylation sites (tertiary alicyclic amines) is 1. The second kappa shape index (κ2) is 9.36. The average molecular weight is 471 g/mol. The Balaban J connectivity index is 1.70. The first-order chi connectivity index (χ1) is 14.4. The number of hydrogen-bond acceptors (Lipinski definition) is 7. The smallest absolute Gasteiger partial charge is 0.149 e. The molecule has 1 aliphatic rings. The molecule has 1 saturated heterocycles. The van der Waals surface area contributed by atoms with Crippen molar-refractivity contribution in [2.75, 3.05) is 37.0 Å². The van der Waals surface area contributed by atoms with Crippen LogP contribution in [0.25, 0.3) is 11.3 Å². The summed E-state index contributed by atoms with van der Waals surface area (Å²) >= 11 is 6.00. The van der Waals surface area contributed by atoms with Crippen LogP contribution in [0.4, 0.5) is 10.1 Å². The van der Waals surface area contributed by atoms with Crippen molar-refractivity contribution in [3.05, 3.63) is 41.1 Å². The molecule has 2 aromatic rings. The highest BCUT2D eigenvalue weighted by Gasteiger charge is 2.40. The summed E-state index contributed by atoms with van der Waals surface area (Å²) in [7, 11) is -3.03. The normalized spacial score (nSPS) is 17.2. The van der Waals surface area contributed by atoms with Gasteiger partial charge in [-0.3, -0.25) is 9.88 Å². The maximum absolute atomic E-state index is 14.9. The van der Waals surface area contributed by atoms with Crippen LogP contribution in [-0.4, -0.2) is 66.1 Å². The van der Waals surface area contributed by atoms with E-state index in [0.717, 1.165) is 0 Å². The fourth-order valence-electron chi connectivity index (χ4n) is 4.07. The average Bonchev–Trinajstić information content (AvgIpc) is 2.59. The summed E-state index contributed by atoms with van der Waals surface area (Å²) in [6.07, 6.45) is 4.42. The van der Waals surface area contributed by atoms with Crippen LogP contribution in [0.3, 0.4) is 0 Å². The Kier molecular flexibility index (Phi) is 7.20. The van der Waals surface area contributed by atoms with Crippen LogP contribution >= 0.6 is 11.6 Å². The number of nitrogens with zero attached hydrogens (tertiary/aromatic N) is 3. The molecule has 3 heterocycles. The van der Waals surface area contributed by atoms with E-state index < -0.39 is 21.8 Å². The topological polar surface area (TPSA) is 95.4 Å². The van der Waals surface area contributed by atoms with Crippen molar-refractivity contribution in [3.63, 3.8) is 0 Å². The SMILES string of the molecule is C[C@@H](O)CCNc1cc(Cl)ncc1-c1ncc(CN2CC(C)(CS(C)(=O)=O)C2)cc1F. The van der Waals surface area contributed by atoms with E-state index in [1.165, 1.54) is 18.5 Å². The Hall–Kier alpha value is -1.81. The standard InChI is InChI=1S/C21H28ClFN4O3S/c1-14(28)4-5-24-18-7-19(22)25-9-16(18)20-17(23)6-15(8-26-20)10-27-11-21(2,12-27)13-31(3,29)30/h6-9,14,28H,4-5,10-13H2,1-3H3,(H,24,25)/t14-/m1/s1. The number of hydrogen-bond donors (Lipinski definition) is 2. The van der Waals surface area contributed by atoms with Gasteiger partial charge in [-0.25, -0.2) is 17.8 Å². The lowest BCUT2D eigenvalue weighted by molar-refractivity contribution is 0.0267. The molecule has 0 radical (unpaired) electrons. The molecular weight excluding hydrogens is 443 g/mol. The number of rotatable bonds is 9. The van der Waals surface area contributed by atoms with Gasteiger partial charge in [-0.15, -0.1) is 0 Å². The van der Waals surface area contributed by atoms with Gasteiger partial charge in [-0.1, -0.05) is 18.5 Å². The highest BCUT2D eigenvalue weighted by molar-refractivity contribution is 7.90. The number of pyridine rings is 2. The fourth-order valence-corrected chi connectivity index (χ4v) is 5.68. The molecule has 0 amide bonds. The summed E-state index contributed by atoms with van der Waals surface area (Å²) in [5.41, 5.74) is 1.70. The second-order valence-electron chi connectivity index (χ2n) is 8.82. The molecule has 3 rings (SSSR count). The summed E-state index contributed by atoms with van der Waals surface area (Å²) < 4.78 is 38.0. The lowest BCUT2D eigenvalue weighted by Crippen LogP contribution is -2.56. The molecule has 0 unspecified atom stereocenters. The second-order valence-corrected chi connectivity index (χ2v) is 11.3. The minimum atomic E-state index is -3.03. The number of sulfone groups is 1. The van der Waals surface area contributed by atoms with E-state index in [0.29, 0.717) is 49.4 Å². The molecule has 0 bridgehead atoms. The van der Waals surface area contributed by atoms with E-state index in [-0.39, 0.29) is 22.0 Å². The van der Waals surface area contributed by atoms with Gasteiger partial charge in [-0.05, 0) is 31.0 Å². The molecule has 10 heteroatoms. The summed E-state index contributed by atoms with van der Waals surface area (Å²) in [4.78, 5) is 10.4. The van der Waals surface area contributed by atoms with Crippen molar-refractivity contribution in [2.24, 2.45) is 5.41 Å². The maximum Gasteiger partial charge on any atom is 0.149 e. The maximum atomic E-state index is 14.9. The molecule has 0 saturated carbocycles. The van der Waals surface area contributed by atoms with Crippen LogP contribution in [0.15, 0.2) is 24.5 Å². The van der Waals surface area contributed by atoms with Crippen molar-refractivity contribution in [3.8, 4) is 11.3 Å². The highest BCUT2D eigenvalue weighted by Crippen LogP contribution is 2.33. The van der Waals surface area contributed by atoms with Crippen LogP contribution in [0.1, 0.15) is 25.8 Å². The minimum Gasteiger partial charge on any atom is -0.393 e. The Morgan fingerprint density at radius 3 is 2.65 bits per heavy atom. The van der Waals surface area contributed by atoms with Crippen molar-refractivity contribution < 1.29 is 17.9 Å². The van der Waals surface area contributed by atoms with Crippen LogP contribution in [0.5, 0.6) is 0 Å².